The van der Waals surface area contributed by atoms with Gasteiger partial charge in [0, 0.05) is 18.2 Å². The van der Waals surface area contributed by atoms with E-state index in [0.717, 1.165) is 6.07 Å². The fraction of sp³-hybridized carbons (Fsp3) is 0.250. The third-order valence-electron chi connectivity index (χ3n) is 4.75. The quantitative estimate of drug-likeness (QED) is 0.174. The van der Waals surface area contributed by atoms with Crippen molar-refractivity contribution in [2.75, 3.05) is 6.61 Å². The standard InChI is InChI=1S/C20H18O10.ClH/c21-9-4-12(23)10-6-16(30-20-18(27)17(26)14(25)7-28-20)19(29-15(10)5-9)8-1-2-11(22)13(24)3-8;/h1-6,14,17-18,20,25-27H,7H2,(H3-,21,22,23,24);1H/t14-,17+,18+,20+;/m1./s1. The Labute approximate surface area is 181 Å². The highest BCUT2D eigenvalue weighted by molar-refractivity contribution is 5.88. The largest absolute Gasteiger partial charge is 1.00 e. The molecule has 11 heteroatoms. The van der Waals surface area contributed by atoms with Crippen molar-refractivity contribution in [1.29, 1.82) is 0 Å². The molecule has 0 bridgehead atoms. The van der Waals surface area contributed by atoms with Crippen LogP contribution in [-0.4, -0.2) is 67.0 Å². The summed E-state index contributed by atoms with van der Waals surface area (Å²) < 4.78 is 16.7. The number of phenols is 4. The number of aliphatic hydroxyl groups excluding tert-OH is 3. The maximum Gasteiger partial charge on any atom is 0.402 e. The molecule has 2 aromatic carbocycles. The van der Waals surface area contributed by atoms with Crippen molar-refractivity contribution >= 4 is 11.0 Å². The second-order valence-electron chi connectivity index (χ2n) is 6.89. The van der Waals surface area contributed by atoms with Gasteiger partial charge in [-0.3, -0.25) is 0 Å². The molecular formula is C20H19ClO10. The van der Waals surface area contributed by atoms with E-state index >= 15 is 0 Å². The fourth-order valence-electron chi connectivity index (χ4n) is 3.15. The van der Waals surface area contributed by atoms with Gasteiger partial charge in [-0.2, -0.15) is 0 Å². The lowest BCUT2D eigenvalue weighted by atomic mass is 10.1. The molecule has 0 aliphatic carbocycles. The molecule has 2 heterocycles. The first-order valence-corrected chi connectivity index (χ1v) is 8.92. The topological polar surface area (TPSA) is 171 Å². The van der Waals surface area contributed by atoms with Gasteiger partial charge in [-0.1, -0.05) is 0 Å². The molecule has 1 aliphatic rings. The lowest BCUT2D eigenvalue weighted by Crippen LogP contribution is -3.00. The maximum absolute atomic E-state index is 10.2. The molecule has 0 spiro atoms. The third-order valence-corrected chi connectivity index (χ3v) is 4.75. The van der Waals surface area contributed by atoms with Gasteiger partial charge in [0.05, 0.1) is 18.2 Å². The van der Waals surface area contributed by atoms with Crippen LogP contribution in [0.25, 0.3) is 22.3 Å². The Morgan fingerprint density at radius 2 is 1.61 bits per heavy atom. The van der Waals surface area contributed by atoms with Gasteiger partial charge in [-0.05, 0) is 12.1 Å². The smallest absolute Gasteiger partial charge is 0.402 e. The predicted molar refractivity (Wildman–Crippen MR) is 101 cm³/mol. The summed E-state index contributed by atoms with van der Waals surface area (Å²) in [5.74, 6) is -1.37. The highest BCUT2D eigenvalue weighted by Gasteiger charge is 2.40. The Morgan fingerprint density at radius 1 is 0.871 bits per heavy atom. The van der Waals surface area contributed by atoms with Gasteiger partial charge < -0.3 is 57.6 Å². The first-order valence-electron chi connectivity index (χ1n) is 8.92. The average Bonchev–Trinajstić information content (AvgIpc) is 2.70. The highest BCUT2D eigenvalue weighted by Crippen LogP contribution is 2.41. The van der Waals surface area contributed by atoms with Gasteiger partial charge in [0.15, 0.2) is 11.5 Å². The van der Waals surface area contributed by atoms with E-state index in [1.54, 1.807) is 0 Å². The van der Waals surface area contributed by atoms with Crippen LogP contribution >= 0.6 is 0 Å². The molecule has 1 fully saturated rings. The molecule has 31 heavy (non-hydrogen) atoms. The molecule has 1 saturated heterocycles. The van der Waals surface area contributed by atoms with Crippen LogP contribution < -0.4 is 17.1 Å². The molecule has 4 atom stereocenters. The Hall–Kier alpha value is -3.02. The summed E-state index contributed by atoms with van der Waals surface area (Å²) in [6, 6.07) is 7.56. The third kappa shape index (κ3) is 4.24. The molecule has 0 saturated carbocycles. The van der Waals surface area contributed by atoms with Gasteiger partial charge in [-0.15, -0.1) is 0 Å². The van der Waals surface area contributed by atoms with Gasteiger partial charge in [0.2, 0.25) is 12.0 Å². The summed E-state index contributed by atoms with van der Waals surface area (Å²) >= 11 is 0. The monoisotopic (exact) mass is 454 g/mol. The minimum absolute atomic E-state index is 0. The van der Waals surface area contributed by atoms with Gasteiger partial charge in [0.25, 0.3) is 0 Å². The molecule has 3 aromatic rings. The normalized spacial score (nSPS) is 23.3. The Balaban J connectivity index is 0.00000272. The number of fused-ring (bicyclic) bond motifs is 1. The van der Waals surface area contributed by atoms with Crippen molar-refractivity contribution in [2.24, 2.45) is 0 Å². The van der Waals surface area contributed by atoms with Crippen molar-refractivity contribution in [2.45, 2.75) is 24.6 Å². The summed E-state index contributed by atoms with van der Waals surface area (Å²) in [6.45, 7) is -0.290. The van der Waals surface area contributed by atoms with Crippen LogP contribution in [-0.2, 0) is 4.74 Å². The number of hydrogen-bond acceptors (Lipinski definition) is 9. The van der Waals surface area contributed by atoms with E-state index in [4.69, 9.17) is 13.9 Å². The second kappa shape index (κ2) is 8.61. The fourth-order valence-corrected chi connectivity index (χ4v) is 3.15. The zero-order valence-electron chi connectivity index (χ0n) is 15.7. The summed E-state index contributed by atoms with van der Waals surface area (Å²) in [7, 11) is 0. The van der Waals surface area contributed by atoms with E-state index < -0.39 is 30.4 Å². The van der Waals surface area contributed by atoms with Crippen LogP contribution in [0.3, 0.4) is 0 Å². The van der Waals surface area contributed by atoms with E-state index in [9.17, 15) is 35.7 Å². The number of rotatable bonds is 3. The second-order valence-corrected chi connectivity index (χ2v) is 6.89. The highest BCUT2D eigenvalue weighted by atomic mass is 35.5. The number of ether oxygens (including phenoxy) is 2. The van der Waals surface area contributed by atoms with Crippen molar-refractivity contribution in [3.8, 4) is 40.1 Å². The molecule has 1 aliphatic heterocycles. The van der Waals surface area contributed by atoms with Gasteiger partial charge in [-0.25, -0.2) is 4.42 Å². The number of hydrogen-bond donors (Lipinski definition) is 7. The first-order chi connectivity index (χ1) is 14.2. The van der Waals surface area contributed by atoms with Crippen molar-refractivity contribution in [3.05, 3.63) is 36.4 Å². The Morgan fingerprint density at radius 3 is 2.32 bits per heavy atom. The van der Waals surface area contributed by atoms with Crippen molar-refractivity contribution in [1.82, 2.24) is 0 Å². The average molecular weight is 455 g/mol. The van der Waals surface area contributed by atoms with E-state index in [2.05, 4.69) is 0 Å². The van der Waals surface area contributed by atoms with Gasteiger partial charge in [0.1, 0.15) is 35.2 Å². The lowest BCUT2D eigenvalue weighted by molar-refractivity contribution is -0.242. The van der Waals surface area contributed by atoms with E-state index in [-0.39, 0.29) is 64.3 Å². The molecule has 166 valence electrons. The Bertz CT molecular complexity index is 1110. The van der Waals surface area contributed by atoms with E-state index in [1.807, 2.05) is 0 Å². The molecule has 1 aromatic heterocycles. The maximum atomic E-state index is 10.2. The van der Waals surface area contributed by atoms with Crippen molar-refractivity contribution in [3.63, 3.8) is 0 Å². The zero-order chi connectivity index (χ0) is 21.6. The molecule has 0 radical (unpaired) electrons. The molecule has 7 N–H and O–H groups in total. The molecular weight excluding hydrogens is 436 g/mol. The Kier molecular flexibility index (Phi) is 6.30. The number of halogens is 1. The zero-order valence-corrected chi connectivity index (χ0v) is 16.5. The number of aromatic hydroxyl groups is 4. The summed E-state index contributed by atoms with van der Waals surface area (Å²) in [4.78, 5) is 0. The minimum Gasteiger partial charge on any atom is -1.00 e. The van der Waals surface area contributed by atoms with E-state index in [1.165, 1.54) is 30.3 Å². The van der Waals surface area contributed by atoms with Gasteiger partial charge >= 0.3 is 11.3 Å². The van der Waals surface area contributed by atoms with Crippen LogP contribution in [0.4, 0.5) is 0 Å². The summed E-state index contributed by atoms with van der Waals surface area (Å²) in [5, 5.41) is 69.1. The molecule has 0 amide bonds. The minimum atomic E-state index is -1.58. The van der Waals surface area contributed by atoms with Crippen molar-refractivity contribution < 1.29 is 62.0 Å². The SMILES string of the molecule is Oc1cc(O)c2cc(O[C@@H]3OC[C@@H](O)[C@H](O)[C@@H]3O)c(-c3ccc(O)c(O)c3)[o+]c2c1.[Cl-]. The van der Waals surface area contributed by atoms with Crippen LogP contribution in [0, 0.1) is 0 Å². The number of benzene rings is 2. The molecule has 4 rings (SSSR count). The van der Waals surface area contributed by atoms with Crippen LogP contribution in [0.5, 0.6) is 28.7 Å². The summed E-state index contributed by atoms with van der Waals surface area (Å²) in [5.41, 5.74) is 0.346. The van der Waals surface area contributed by atoms with Crippen LogP contribution in [0.15, 0.2) is 40.8 Å². The van der Waals surface area contributed by atoms with Crippen LogP contribution in [0.2, 0.25) is 0 Å². The number of phenolic OH excluding ortho intramolecular Hbond substituents is 4. The molecule has 0 unspecified atom stereocenters. The predicted octanol–water partition coefficient (Wildman–Crippen LogP) is -1.97. The number of aliphatic hydroxyl groups is 3. The summed E-state index contributed by atoms with van der Waals surface area (Å²) in [6.07, 6.45) is -5.76. The first kappa shape index (κ1) is 22.7. The lowest BCUT2D eigenvalue weighted by Gasteiger charge is -2.34. The van der Waals surface area contributed by atoms with Crippen LogP contribution in [0.1, 0.15) is 0 Å². The van der Waals surface area contributed by atoms with E-state index in [0.29, 0.717) is 0 Å². The molecule has 10 nitrogen and oxygen atoms in total.